The average Bonchev–Trinajstić information content (AvgIpc) is 2.30. The van der Waals surface area contributed by atoms with Crippen LogP contribution in [0.3, 0.4) is 0 Å². The van der Waals surface area contributed by atoms with Gasteiger partial charge in [0.1, 0.15) is 5.69 Å². The Balaban J connectivity index is 2.60. The third kappa shape index (κ3) is 4.03. The topological polar surface area (TPSA) is 67.2 Å². The predicted molar refractivity (Wildman–Crippen MR) is 69.5 cm³/mol. The lowest BCUT2D eigenvalue weighted by atomic mass is 10.1. The lowest BCUT2D eigenvalue weighted by Gasteiger charge is -2.10. The molecule has 0 aromatic heterocycles. The highest BCUT2D eigenvalue weighted by atomic mass is 16.6. The maximum atomic E-state index is 10.9. The molecule has 5 nitrogen and oxygen atoms in total. The van der Waals surface area contributed by atoms with E-state index in [1.807, 2.05) is 13.0 Å². The minimum atomic E-state index is -0.352. The molecule has 2 N–H and O–H groups in total. The van der Waals surface area contributed by atoms with Crippen LogP contribution in [0.5, 0.6) is 0 Å². The molecule has 0 saturated carbocycles. The number of hydrogen-bond acceptors (Lipinski definition) is 4. The summed E-state index contributed by atoms with van der Waals surface area (Å²) in [5.74, 6) is 0. The normalized spacial score (nSPS) is 10.2. The molecule has 0 aliphatic rings. The quantitative estimate of drug-likeness (QED) is 0.434. The zero-order valence-corrected chi connectivity index (χ0v) is 10.3. The highest BCUT2D eigenvalue weighted by molar-refractivity contribution is 5.65. The molecule has 0 aliphatic carbocycles. The van der Waals surface area contributed by atoms with Gasteiger partial charge in [-0.25, -0.2) is 0 Å². The molecule has 0 bridgehead atoms. The summed E-state index contributed by atoms with van der Waals surface area (Å²) in [7, 11) is 0. The molecule has 1 aromatic rings. The van der Waals surface area contributed by atoms with Gasteiger partial charge in [0.15, 0.2) is 0 Å². The van der Waals surface area contributed by atoms with E-state index in [9.17, 15) is 10.1 Å². The highest BCUT2D eigenvalue weighted by Gasteiger charge is 2.14. The van der Waals surface area contributed by atoms with Crippen LogP contribution in [0.2, 0.25) is 0 Å². The smallest absolute Gasteiger partial charge is 0.292 e. The second-order valence-electron chi connectivity index (χ2n) is 3.90. The molecule has 0 saturated heterocycles. The van der Waals surface area contributed by atoms with Crippen molar-refractivity contribution in [1.82, 2.24) is 5.32 Å². The number of rotatable bonds is 7. The Morgan fingerprint density at radius 1 is 1.29 bits per heavy atom. The van der Waals surface area contributed by atoms with E-state index >= 15 is 0 Å². The van der Waals surface area contributed by atoms with Crippen molar-refractivity contribution in [2.75, 3.05) is 25.0 Å². The molecule has 0 heterocycles. The molecule has 0 spiro atoms. The van der Waals surface area contributed by atoms with E-state index in [1.165, 1.54) is 6.07 Å². The van der Waals surface area contributed by atoms with Gasteiger partial charge in [0.05, 0.1) is 4.92 Å². The SMILES string of the molecule is CCCNCCNc1c(C)cccc1[N+](=O)[O-]. The first-order valence-corrected chi connectivity index (χ1v) is 5.85. The van der Waals surface area contributed by atoms with E-state index in [-0.39, 0.29) is 10.6 Å². The lowest BCUT2D eigenvalue weighted by molar-refractivity contribution is -0.384. The van der Waals surface area contributed by atoms with Gasteiger partial charge >= 0.3 is 0 Å². The first-order chi connectivity index (χ1) is 8.16. The number of benzene rings is 1. The molecule has 0 aliphatic heterocycles. The van der Waals surface area contributed by atoms with Crippen molar-refractivity contribution in [3.63, 3.8) is 0 Å². The number of aryl methyl sites for hydroxylation is 1. The number of nitrogens with zero attached hydrogens (tertiary/aromatic N) is 1. The number of para-hydroxylation sites is 1. The Bertz CT molecular complexity index is 380. The summed E-state index contributed by atoms with van der Waals surface area (Å²) in [5, 5.41) is 17.2. The van der Waals surface area contributed by atoms with Crippen LogP contribution in [-0.4, -0.2) is 24.6 Å². The Hall–Kier alpha value is -1.62. The summed E-state index contributed by atoms with van der Waals surface area (Å²) in [5.41, 5.74) is 1.66. The van der Waals surface area contributed by atoms with Gasteiger partial charge in [-0.3, -0.25) is 10.1 Å². The average molecular weight is 237 g/mol. The molecule has 0 amide bonds. The van der Waals surface area contributed by atoms with Crippen molar-refractivity contribution in [3.05, 3.63) is 33.9 Å². The van der Waals surface area contributed by atoms with E-state index in [0.29, 0.717) is 12.2 Å². The fraction of sp³-hybridized carbons (Fsp3) is 0.500. The zero-order chi connectivity index (χ0) is 12.7. The van der Waals surface area contributed by atoms with E-state index in [2.05, 4.69) is 17.6 Å². The van der Waals surface area contributed by atoms with Gasteiger partial charge in [-0.05, 0) is 25.5 Å². The minimum absolute atomic E-state index is 0.139. The van der Waals surface area contributed by atoms with Crippen molar-refractivity contribution in [3.8, 4) is 0 Å². The molecular formula is C12H19N3O2. The van der Waals surface area contributed by atoms with Crippen LogP contribution in [0.25, 0.3) is 0 Å². The molecule has 5 heteroatoms. The van der Waals surface area contributed by atoms with Gasteiger partial charge in [0.25, 0.3) is 5.69 Å². The fourth-order valence-electron chi connectivity index (χ4n) is 1.61. The predicted octanol–water partition coefficient (Wildman–Crippen LogP) is 2.31. The second-order valence-corrected chi connectivity index (χ2v) is 3.90. The maximum absolute atomic E-state index is 10.9. The summed E-state index contributed by atoms with van der Waals surface area (Å²) in [4.78, 5) is 10.5. The van der Waals surface area contributed by atoms with Gasteiger partial charge in [0.2, 0.25) is 0 Å². The van der Waals surface area contributed by atoms with Crippen LogP contribution < -0.4 is 10.6 Å². The number of nitro benzene ring substituents is 1. The molecule has 0 fully saturated rings. The van der Waals surface area contributed by atoms with Crippen molar-refractivity contribution in [2.45, 2.75) is 20.3 Å². The van der Waals surface area contributed by atoms with Crippen LogP contribution in [0.15, 0.2) is 18.2 Å². The molecule has 0 unspecified atom stereocenters. The second kappa shape index (κ2) is 6.85. The standard InChI is InChI=1S/C12H19N3O2/c1-3-7-13-8-9-14-12-10(2)5-4-6-11(12)15(16)17/h4-6,13-14H,3,7-9H2,1-2H3. The number of nitro groups is 1. The van der Waals surface area contributed by atoms with E-state index in [4.69, 9.17) is 0 Å². The van der Waals surface area contributed by atoms with Crippen LogP contribution in [-0.2, 0) is 0 Å². The third-order valence-electron chi connectivity index (χ3n) is 2.48. The molecule has 1 rings (SSSR count). The van der Waals surface area contributed by atoms with Crippen molar-refractivity contribution in [1.29, 1.82) is 0 Å². The monoisotopic (exact) mass is 237 g/mol. The largest absolute Gasteiger partial charge is 0.378 e. The number of nitrogens with one attached hydrogen (secondary N) is 2. The first-order valence-electron chi connectivity index (χ1n) is 5.85. The van der Waals surface area contributed by atoms with Crippen molar-refractivity contribution in [2.24, 2.45) is 0 Å². The first kappa shape index (κ1) is 13.4. The molecule has 0 atom stereocenters. The van der Waals surface area contributed by atoms with E-state index < -0.39 is 0 Å². The molecule has 0 radical (unpaired) electrons. The van der Waals surface area contributed by atoms with Gasteiger partial charge in [-0.15, -0.1) is 0 Å². The molecule has 17 heavy (non-hydrogen) atoms. The zero-order valence-electron chi connectivity index (χ0n) is 10.3. The third-order valence-corrected chi connectivity index (χ3v) is 2.48. The van der Waals surface area contributed by atoms with Crippen LogP contribution in [0.1, 0.15) is 18.9 Å². The van der Waals surface area contributed by atoms with Crippen molar-refractivity contribution < 1.29 is 4.92 Å². The van der Waals surface area contributed by atoms with Gasteiger partial charge in [-0.2, -0.15) is 0 Å². The molecule has 94 valence electrons. The number of hydrogen-bond donors (Lipinski definition) is 2. The van der Waals surface area contributed by atoms with Gasteiger partial charge in [0, 0.05) is 19.2 Å². The maximum Gasteiger partial charge on any atom is 0.292 e. The lowest BCUT2D eigenvalue weighted by Crippen LogP contribution is -2.23. The minimum Gasteiger partial charge on any atom is -0.378 e. The Labute approximate surface area is 101 Å². The molecular weight excluding hydrogens is 218 g/mol. The fourth-order valence-corrected chi connectivity index (χ4v) is 1.61. The van der Waals surface area contributed by atoms with E-state index in [0.717, 1.165) is 25.1 Å². The summed E-state index contributed by atoms with van der Waals surface area (Å²) in [6, 6.07) is 5.09. The Morgan fingerprint density at radius 2 is 2.06 bits per heavy atom. The Kier molecular flexibility index (Phi) is 5.42. The Morgan fingerprint density at radius 3 is 2.71 bits per heavy atom. The molecule has 1 aromatic carbocycles. The van der Waals surface area contributed by atoms with Crippen molar-refractivity contribution >= 4 is 11.4 Å². The van der Waals surface area contributed by atoms with Crippen LogP contribution >= 0.6 is 0 Å². The van der Waals surface area contributed by atoms with Gasteiger partial charge < -0.3 is 10.6 Å². The summed E-state index contributed by atoms with van der Waals surface area (Å²) in [6.07, 6.45) is 1.09. The van der Waals surface area contributed by atoms with Gasteiger partial charge in [-0.1, -0.05) is 19.1 Å². The van der Waals surface area contributed by atoms with Crippen LogP contribution in [0, 0.1) is 17.0 Å². The number of anilines is 1. The summed E-state index contributed by atoms with van der Waals surface area (Å²) >= 11 is 0. The van der Waals surface area contributed by atoms with E-state index in [1.54, 1.807) is 6.07 Å². The van der Waals surface area contributed by atoms with Crippen LogP contribution in [0.4, 0.5) is 11.4 Å². The highest BCUT2D eigenvalue weighted by Crippen LogP contribution is 2.27. The summed E-state index contributed by atoms with van der Waals surface area (Å²) < 4.78 is 0. The summed E-state index contributed by atoms with van der Waals surface area (Å²) in [6.45, 7) is 6.43.